The third kappa shape index (κ3) is 5.56. The predicted octanol–water partition coefficient (Wildman–Crippen LogP) is 1.96. The molecule has 2 fully saturated rings. The van der Waals surface area contributed by atoms with Crippen LogP contribution in [0.5, 0.6) is 0 Å². The van der Waals surface area contributed by atoms with Crippen LogP contribution in [0.3, 0.4) is 0 Å². The van der Waals surface area contributed by atoms with Gasteiger partial charge in [0.15, 0.2) is 5.96 Å². The summed E-state index contributed by atoms with van der Waals surface area (Å²) in [4.78, 5) is 7.12. The first-order valence-corrected chi connectivity index (χ1v) is 7.70. The normalized spacial score (nSPS) is 28.0. The summed E-state index contributed by atoms with van der Waals surface area (Å²) in [6.45, 7) is 11.7. The molecule has 0 amide bonds. The molecule has 0 aromatic rings. The van der Waals surface area contributed by atoms with Gasteiger partial charge in [0.25, 0.3) is 0 Å². The second kappa shape index (κ2) is 8.53. The Morgan fingerprint density at radius 3 is 2.76 bits per heavy atom. The summed E-state index contributed by atoms with van der Waals surface area (Å²) in [5.74, 6) is 1.77. The lowest BCUT2D eigenvalue weighted by atomic mass is 10.1. The fraction of sp³-hybridized carbons (Fsp3) is 0.933. The summed E-state index contributed by atoms with van der Waals surface area (Å²) < 4.78 is 10.9. The Morgan fingerprint density at radius 2 is 2.19 bits per heavy atom. The average Bonchev–Trinajstić information content (AvgIpc) is 3.03. The van der Waals surface area contributed by atoms with E-state index in [0.717, 1.165) is 44.7 Å². The highest BCUT2D eigenvalue weighted by atomic mass is 127. The van der Waals surface area contributed by atoms with E-state index in [9.17, 15) is 0 Å². The summed E-state index contributed by atoms with van der Waals surface area (Å²) in [5, 5.41) is 3.41. The van der Waals surface area contributed by atoms with Crippen LogP contribution in [0.15, 0.2) is 4.99 Å². The fourth-order valence-corrected chi connectivity index (χ4v) is 2.71. The number of nitrogens with zero attached hydrogens (tertiary/aromatic N) is 2. The molecule has 2 rings (SSSR count). The molecule has 2 atom stereocenters. The van der Waals surface area contributed by atoms with Gasteiger partial charge in [0, 0.05) is 33.3 Å². The first kappa shape index (κ1) is 19.0. The Bertz CT molecular complexity index is 348. The van der Waals surface area contributed by atoms with Crippen LogP contribution in [0.1, 0.15) is 27.2 Å². The van der Waals surface area contributed by atoms with E-state index >= 15 is 0 Å². The van der Waals surface area contributed by atoms with Crippen molar-refractivity contribution < 1.29 is 9.47 Å². The van der Waals surface area contributed by atoms with Crippen molar-refractivity contribution in [3.05, 3.63) is 0 Å². The smallest absolute Gasteiger partial charge is 0.194 e. The molecule has 124 valence electrons. The lowest BCUT2D eigenvalue weighted by Crippen LogP contribution is -2.51. The highest BCUT2D eigenvalue weighted by Gasteiger charge is 2.45. The Hall–Kier alpha value is -0.0800. The molecule has 5 nitrogen and oxygen atoms in total. The SMILES string of the molecule is CCNC(=NCC1CC1(C)C)N1CCOC(COC)C1.I. The Kier molecular flexibility index (Phi) is 7.70. The Morgan fingerprint density at radius 1 is 1.48 bits per heavy atom. The van der Waals surface area contributed by atoms with Crippen molar-refractivity contribution in [2.45, 2.75) is 33.3 Å². The molecule has 0 radical (unpaired) electrons. The van der Waals surface area contributed by atoms with Gasteiger partial charge < -0.3 is 19.7 Å². The van der Waals surface area contributed by atoms with Crippen LogP contribution in [0, 0.1) is 11.3 Å². The van der Waals surface area contributed by atoms with E-state index in [-0.39, 0.29) is 30.1 Å². The molecule has 0 aromatic heterocycles. The topological polar surface area (TPSA) is 46.1 Å². The Labute approximate surface area is 145 Å². The summed E-state index contributed by atoms with van der Waals surface area (Å²) in [6, 6.07) is 0. The van der Waals surface area contributed by atoms with Crippen molar-refractivity contribution in [3.63, 3.8) is 0 Å². The van der Waals surface area contributed by atoms with Gasteiger partial charge >= 0.3 is 0 Å². The molecule has 0 spiro atoms. The van der Waals surface area contributed by atoms with E-state index in [0.29, 0.717) is 12.0 Å². The van der Waals surface area contributed by atoms with Crippen LogP contribution in [-0.2, 0) is 9.47 Å². The van der Waals surface area contributed by atoms with Gasteiger partial charge in [0.05, 0.1) is 19.3 Å². The minimum absolute atomic E-state index is 0. The van der Waals surface area contributed by atoms with Gasteiger partial charge in [-0.2, -0.15) is 0 Å². The zero-order valence-corrected chi connectivity index (χ0v) is 16.1. The average molecular weight is 411 g/mol. The van der Waals surface area contributed by atoms with Crippen LogP contribution in [0.4, 0.5) is 0 Å². The first-order chi connectivity index (χ1) is 9.56. The van der Waals surface area contributed by atoms with Gasteiger partial charge in [-0.3, -0.25) is 4.99 Å². The highest BCUT2D eigenvalue weighted by Crippen LogP contribution is 2.51. The van der Waals surface area contributed by atoms with E-state index in [1.165, 1.54) is 6.42 Å². The van der Waals surface area contributed by atoms with Gasteiger partial charge in [-0.25, -0.2) is 0 Å². The number of ether oxygens (including phenoxy) is 2. The monoisotopic (exact) mass is 411 g/mol. The van der Waals surface area contributed by atoms with E-state index < -0.39 is 0 Å². The third-order valence-electron chi connectivity index (χ3n) is 4.30. The number of aliphatic imine (C=N–C) groups is 1. The van der Waals surface area contributed by atoms with E-state index in [2.05, 4.69) is 31.0 Å². The number of halogens is 1. The summed E-state index contributed by atoms with van der Waals surface area (Å²) in [5.41, 5.74) is 0.490. The van der Waals surface area contributed by atoms with Crippen LogP contribution in [0.2, 0.25) is 0 Å². The van der Waals surface area contributed by atoms with Crippen LogP contribution in [-0.4, -0.2) is 63.5 Å². The molecule has 2 aliphatic rings. The molecule has 1 aliphatic carbocycles. The molecular formula is C15H30IN3O2. The predicted molar refractivity (Wildman–Crippen MR) is 96.5 cm³/mol. The molecule has 1 saturated carbocycles. The van der Waals surface area contributed by atoms with E-state index in [1.807, 2.05) is 0 Å². The Balaban J connectivity index is 0.00000220. The van der Waals surface area contributed by atoms with Crippen LogP contribution >= 0.6 is 24.0 Å². The standard InChI is InChI=1S/C15H29N3O2.HI/c1-5-16-14(17-9-12-8-15(12,2)3)18-6-7-20-13(10-18)11-19-4;/h12-13H,5-11H2,1-4H3,(H,16,17);1H. The quantitative estimate of drug-likeness (QED) is 0.427. The molecule has 0 bridgehead atoms. The molecule has 2 unspecified atom stereocenters. The van der Waals surface area contributed by atoms with Gasteiger partial charge in [0.1, 0.15) is 0 Å². The van der Waals surface area contributed by atoms with Crippen molar-refractivity contribution in [1.82, 2.24) is 10.2 Å². The lowest BCUT2D eigenvalue weighted by Gasteiger charge is -2.34. The summed E-state index contributed by atoms with van der Waals surface area (Å²) in [7, 11) is 1.72. The largest absolute Gasteiger partial charge is 0.382 e. The van der Waals surface area contributed by atoms with Crippen molar-refractivity contribution in [2.24, 2.45) is 16.3 Å². The number of rotatable bonds is 5. The number of methoxy groups -OCH3 is 1. The molecule has 0 aromatic carbocycles. The minimum atomic E-state index is 0. The van der Waals surface area contributed by atoms with E-state index in [1.54, 1.807) is 7.11 Å². The van der Waals surface area contributed by atoms with E-state index in [4.69, 9.17) is 14.5 Å². The zero-order chi connectivity index (χ0) is 14.6. The van der Waals surface area contributed by atoms with Crippen molar-refractivity contribution in [2.75, 3.05) is 46.5 Å². The third-order valence-corrected chi connectivity index (χ3v) is 4.30. The number of nitrogens with one attached hydrogen (secondary N) is 1. The molecule has 6 heteroatoms. The first-order valence-electron chi connectivity index (χ1n) is 7.70. The van der Waals surface area contributed by atoms with Gasteiger partial charge in [-0.05, 0) is 24.7 Å². The second-order valence-corrected chi connectivity index (χ2v) is 6.48. The molecule has 21 heavy (non-hydrogen) atoms. The molecular weight excluding hydrogens is 381 g/mol. The maximum Gasteiger partial charge on any atom is 0.194 e. The minimum Gasteiger partial charge on any atom is -0.382 e. The number of morpholine rings is 1. The summed E-state index contributed by atoms with van der Waals surface area (Å²) >= 11 is 0. The van der Waals surface area contributed by atoms with Crippen LogP contribution in [0.25, 0.3) is 0 Å². The van der Waals surface area contributed by atoms with Gasteiger partial charge in [0.2, 0.25) is 0 Å². The number of hydrogen-bond donors (Lipinski definition) is 1. The highest BCUT2D eigenvalue weighted by molar-refractivity contribution is 14.0. The van der Waals surface area contributed by atoms with Crippen molar-refractivity contribution in [1.29, 1.82) is 0 Å². The number of guanidine groups is 1. The maximum absolute atomic E-state index is 5.70. The zero-order valence-electron chi connectivity index (χ0n) is 13.7. The van der Waals surface area contributed by atoms with Gasteiger partial charge in [-0.15, -0.1) is 24.0 Å². The summed E-state index contributed by atoms with van der Waals surface area (Å²) in [6.07, 6.45) is 1.45. The fourth-order valence-electron chi connectivity index (χ4n) is 2.71. The molecule has 1 heterocycles. The van der Waals surface area contributed by atoms with Crippen molar-refractivity contribution in [3.8, 4) is 0 Å². The van der Waals surface area contributed by atoms with Crippen molar-refractivity contribution >= 4 is 29.9 Å². The second-order valence-electron chi connectivity index (χ2n) is 6.48. The van der Waals surface area contributed by atoms with Gasteiger partial charge in [-0.1, -0.05) is 13.8 Å². The number of hydrogen-bond acceptors (Lipinski definition) is 3. The maximum atomic E-state index is 5.70. The molecule has 1 aliphatic heterocycles. The molecule has 1 saturated heterocycles. The molecule has 1 N–H and O–H groups in total. The lowest BCUT2D eigenvalue weighted by molar-refractivity contribution is -0.0447. The van der Waals surface area contributed by atoms with Crippen LogP contribution < -0.4 is 5.32 Å².